The van der Waals surface area contributed by atoms with Crippen LogP contribution in [-0.4, -0.2) is 37.8 Å². The predicted octanol–water partition coefficient (Wildman–Crippen LogP) is 2.92. The summed E-state index contributed by atoms with van der Waals surface area (Å²) in [5.41, 5.74) is 1.69. The van der Waals surface area contributed by atoms with Gasteiger partial charge in [-0.1, -0.05) is 24.3 Å². The number of nitrogens with zero attached hydrogens (tertiary/aromatic N) is 3. The van der Waals surface area contributed by atoms with Gasteiger partial charge >= 0.3 is 12.1 Å². The third-order valence-electron chi connectivity index (χ3n) is 5.40. The average molecular weight is 526 g/mol. The molecule has 0 aliphatic rings. The highest BCUT2D eigenvalue weighted by molar-refractivity contribution is 5.98. The van der Waals surface area contributed by atoms with Gasteiger partial charge in [-0.15, -0.1) is 13.2 Å². The minimum atomic E-state index is -4.89. The summed E-state index contributed by atoms with van der Waals surface area (Å²) in [6.07, 6.45) is -3.51. The van der Waals surface area contributed by atoms with E-state index in [0.717, 1.165) is 6.07 Å². The monoisotopic (exact) mass is 526 g/mol. The van der Waals surface area contributed by atoms with Crippen molar-refractivity contribution in [3.63, 3.8) is 0 Å². The van der Waals surface area contributed by atoms with Crippen LogP contribution in [0.3, 0.4) is 0 Å². The van der Waals surface area contributed by atoms with Gasteiger partial charge in [0.2, 0.25) is 0 Å². The maximum atomic E-state index is 13.0. The summed E-state index contributed by atoms with van der Waals surface area (Å²) in [6, 6.07) is 13.0. The first-order chi connectivity index (χ1) is 18.2. The Balaban J connectivity index is 1.32. The number of carbonyl (C=O) groups is 2. The SMILES string of the molecule is O=C(NCc1ccc2oc(=O)[nH]c2c1)c1cc(C(=O)NCc2ccccc2OC(F)(F)F)n2nccc2n1. The standard InChI is InChI=1S/C24H17F3N6O5/c25-24(26,27)38-18-4-2-1-3-14(18)12-29-22(35)17-10-16(31-20-7-8-30-33(17)20)21(34)28-11-13-5-6-19-15(9-13)32-23(36)37-19/h1-10H,11-12H2,(H,28,34)(H,29,35)(H,32,36). The maximum absolute atomic E-state index is 13.0. The van der Waals surface area contributed by atoms with Gasteiger partial charge in [-0.05, 0) is 23.8 Å². The normalized spacial score (nSPS) is 11.6. The van der Waals surface area contributed by atoms with Crippen LogP contribution in [0.1, 0.15) is 32.1 Å². The minimum Gasteiger partial charge on any atom is -0.408 e. The van der Waals surface area contributed by atoms with Gasteiger partial charge in [-0.2, -0.15) is 5.10 Å². The third-order valence-corrected chi connectivity index (χ3v) is 5.40. The highest BCUT2D eigenvalue weighted by atomic mass is 19.4. The van der Waals surface area contributed by atoms with E-state index in [4.69, 9.17) is 4.42 Å². The number of hydrogen-bond donors (Lipinski definition) is 3. The van der Waals surface area contributed by atoms with Crippen molar-refractivity contribution in [2.45, 2.75) is 19.5 Å². The lowest BCUT2D eigenvalue weighted by atomic mass is 10.2. The average Bonchev–Trinajstić information content (AvgIpc) is 3.50. The molecule has 5 rings (SSSR count). The summed E-state index contributed by atoms with van der Waals surface area (Å²) in [6.45, 7) is -0.193. The molecule has 0 aliphatic heterocycles. The highest BCUT2D eigenvalue weighted by Gasteiger charge is 2.32. The number of carbonyl (C=O) groups excluding carboxylic acids is 2. The number of fused-ring (bicyclic) bond motifs is 2. The van der Waals surface area contributed by atoms with Gasteiger partial charge in [-0.3, -0.25) is 14.6 Å². The van der Waals surface area contributed by atoms with E-state index in [1.807, 2.05) is 0 Å². The van der Waals surface area contributed by atoms with Crippen molar-refractivity contribution in [1.82, 2.24) is 30.2 Å². The second-order valence-electron chi connectivity index (χ2n) is 7.99. The van der Waals surface area contributed by atoms with Crippen LogP contribution in [-0.2, 0) is 13.1 Å². The minimum absolute atomic E-state index is 0.0586. The summed E-state index contributed by atoms with van der Waals surface area (Å²) in [5, 5.41) is 9.25. The third kappa shape index (κ3) is 5.33. The number of alkyl halides is 3. The van der Waals surface area contributed by atoms with Gasteiger partial charge < -0.3 is 19.8 Å². The Morgan fingerprint density at radius 1 is 1.03 bits per heavy atom. The Morgan fingerprint density at radius 3 is 2.63 bits per heavy atom. The molecule has 0 spiro atoms. The number of aromatic nitrogens is 4. The number of benzene rings is 2. The molecule has 3 N–H and O–H groups in total. The predicted molar refractivity (Wildman–Crippen MR) is 125 cm³/mol. The van der Waals surface area contributed by atoms with Gasteiger partial charge in [0.1, 0.15) is 17.1 Å². The molecule has 14 heteroatoms. The van der Waals surface area contributed by atoms with Crippen LogP contribution in [0.25, 0.3) is 16.7 Å². The smallest absolute Gasteiger partial charge is 0.408 e. The van der Waals surface area contributed by atoms with Crippen LogP contribution in [0, 0.1) is 0 Å². The number of amides is 2. The molecule has 194 valence electrons. The zero-order valence-electron chi connectivity index (χ0n) is 19.2. The topological polar surface area (TPSA) is 144 Å². The van der Waals surface area contributed by atoms with Crippen molar-refractivity contribution in [2.24, 2.45) is 0 Å². The molecule has 0 atom stereocenters. The Hall–Kier alpha value is -5.14. The zero-order chi connectivity index (χ0) is 26.9. The summed E-state index contributed by atoms with van der Waals surface area (Å²) >= 11 is 0. The second kappa shape index (κ2) is 9.72. The van der Waals surface area contributed by atoms with E-state index in [0.29, 0.717) is 16.7 Å². The van der Waals surface area contributed by atoms with E-state index in [9.17, 15) is 27.6 Å². The number of nitrogens with one attached hydrogen (secondary N) is 3. The lowest BCUT2D eigenvalue weighted by Crippen LogP contribution is -2.29. The maximum Gasteiger partial charge on any atom is 0.573 e. The first-order valence-electron chi connectivity index (χ1n) is 11.0. The molecular weight excluding hydrogens is 509 g/mol. The number of aromatic amines is 1. The fourth-order valence-electron chi connectivity index (χ4n) is 3.71. The van der Waals surface area contributed by atoms with Crippen LogP contribution < -0.4 is 21.1 Å². The molecule has 0 bridgehead atoms. The van der Waals surface area contributed by atoms with Gasteiger partial charge in [0, 0.05) is 30.8 Å². The van der Waals surface area contributed by atoms with E-state index >= 15 is 0 Å². The van der Waals surface area contributed by atoms with E-state index in [1.165, 1.54) is 41.0 Å². The molecule has 2 amide bonds. The second-order valence-corrected chi connectivity index (χ2v) is 7.99. The van der Waals surface area contributed by atoms with Gasteiger partial charge in [-0.25, -0.2) is 14.3 Å². The Morgan fingerprint density at radius 2 is 1.82 bits per heavy atom. The molecule has 3 heterocycles. The number of halogens is 3. The largest absolute Gasteiger partial charge is 0.573 e. The first-order valence-corrected chi connectivity index (χ1v) is 11.0. The molecule has 3 aromatic heterocycles. The van der Waals surface area contributed by atoms with E-state index in [1.54, 1.807) is 18.2 Å². The molecule has 0 aliphatic carbocycles. The number of para-hydroxylation sites is 1. The van der Waals surface area contributed by atoms with Gasteiger partial charge in [0.25, 0.3) is 11.8 Å². The molecule has 38 heavy (non-hydrogen) atoms. The van der Waals surface area contributed by atoms with Gasteiger partial charge in [0.05, 0.1) is 11.7 Å². The molecule has 11 nitrogen and oxygen atoms in total. The molecular formula is C24H17F3N6O5. The number of ether oxygens (including phenoxy) is 1. The summed E-state index contributed by atoms with van der Waals surface area (Å²) in [4.78, 5) is 43.9. The summed E-state index contributed by atoms with van der Waals surface area (Å²) in [5.74, 6) is -2.34. The fourth-order valence-corrected chi connectivity index (χ4v) is 3.71. The molecule has 0 saturated heterocycles. The lowest BCUT2D eigenvalue weighted by molar-refractivity contribution is -0.274. The van der Waals surface area contributed by atoms with Crippen molar-refractivity contribution >= 4 is 28.6 Å². The van der Waals surface area contributed by atoms with Crippen LogP contribution in [0.4, 0.5) is 13.2 Å². The zero-order valence-corrected chi connectivity index (χ0v) is 19.2. The number of rotatable bonds is 7. The molecule has 0 radical (unpaired) electrons. The quantitative estimate of drug-likeness (QED) is 0.296. The lowest BCUT2D eigenvalue weighted by Gasteiger charge is -2.14. The number of oxazole rings is 1. The molecule has 5 aromatic rings. The molecule has 0 fully saturated rings. The van der Waals surface area contributed by atoms with Crippen LogP contribution in [0.15, 0.2) is 70.0 Å². The highest BCUT2D eigenvalue weighted by Crippen LogP contribution is 2.26. The van der Waals surface area contributed by atoms with Crippen LogP contribution >= 0.6 is 0 Å². The van der Waals surface area contributed by atoms with Crippen molar-refractivity contribution in [1.29, 1.82) is 0 Å². The number of H-pyrrole nitrogens is 1. The van der Waals surface area contributed by atoms with Crippen molar-refractivity contribution in [3.8, 4) is 5.75 Å². The Kier molecular flexibility index (Phi) is 6.28. The van der Waals surface area contributed by atoms with E-state index in [-0.39, 0.29) is 35.7 Å². The first kappa shape index (κ1) is 24.5. The van der Waals surface area contributed by atoms with Crippen LogP contribution in [0.5, 0.6) is 5.75 Å². The Bertz CT molecular complexity index is 1720. The molecule has 0 saturated carbocycles. The van der Waals surface area contributed by atoms with E-state index in [2.05, 4.69) is 30.4 Å². The van der Waals surface area contributed by atoms with Crippen molar-refractivity contribution < 1.29 is 31.9 Å². The number of hydrogen-bond acceptors (Lipinski definition) is 7. The van der Waals surface area contributed by atoms with Crippen molar-refractivity contribution in [2.75, 3.05) is 0 Å². The molecule has 2 aromatic carbocycles. The van der Waals surface area contributed by atoms with Gasteiger partial charge in [0.15, 0.2) is 11.2 Å². The summed E-state index contributed by atoms with van der Waals surface area (Å²) in [7, 11) is 0. The molecule has 0 unspecified atom stereocenters. The van der Waals surface area contributed by atoms with E-state index < -0.39 is 29.7 Å². The Labute approximate surface area is 210 Å². The fraction of sp³-hybridized carbons (Fsp3) is 0.125. The van der Waals surface area contributed by atoms with Crippen molar-refractivity contribution in [3.05, 3.63) is 93.9 Å². The summed E-state index contributed by atoms with van der Waals surface area (Å²) < 4.78 is 48.3. The van der Waals surface area contributed by atoms with Crippen LogP contribution in [0.2, 0.25) is 0 Å².